The maximum Gasteiger partial charge on any atom is 0.139 e. The Morgan fingerprint density at radius 3 is 2.74 bits per heavy atom. The topological polar surface area (TPSA) is 79.3 Å². The van der Waals surface area contributed by atoms with Crippen molar-refractivity contribution < 1.29 is 9.84 Å². The molecule has 2 aromatic rings. The molecule has 5 heteroatoms. The highest BCUT2D eigenvalue weighted by atomic mass is 79.9. The van der Waals surface area contributed by atoms with Gasteiger partial charge in [-0.15, -0.1) is 0 Å². The van der Waals surface area contributed by atoms with E-state index in [2.05, 4.69) is 15.9 Å². The van der Waals surface area contributed by atoms with Gasteiger partial charge in [-0.3, -0.25) is 5.41 Å². The van der Waals surface area contributed by atoms with Crippen molar-refractivity contribution in [2.24, 2.45) is 5.73 Å². The first kappa shape index (κ1) is 13.6. The number of nitrogens with one attached hydrogen (secondary N) is 1. The van der Waals surface area contributed by atoms with E-state index < -0.39 is 0 Å². The van der Waals surface area contributed by atoms with Crippen molar-refractivity contribution in [2.75, 3.05) is 0 Å². The van der Waals surface area contributed by atoms with Gasteiger partial charge in [-0.25, -0.2) is 0 Å². The molecule has 0 saturated heterocycles. The number of benzene rings is 2. The lowest BCUT2D eigenvalue weighted by Crippen LogP contribution is -2.12. The van der Waals surface area contributed by atoms with Crippen LogP contribution in [0.1, 0.15) is 11.1 Å². The molecule has 0 atom stereocenters. The number of nitrogens with two attached hydrogens (primary N) is 1. The number of nitrogen functional groups attached to an aromatic ring is 1. The molecule has 2 aromatic carbocycles. The Bertz CT molecular complexity index is 614. The van der Waals surface area contributed by atoms with Crippen molar-refractivity contribution in [3.05, 3.63) is 58.1 Å². The fourth-order valence-electron chi connectivity index (χ4n) is 1.64. The smallest absolute Gasteiger partial charge is 0.139 e. The van der Waals surface area contributed by atoms with Crippen LogP contribution in [-0.2, 0) is 6.61 Å². The summed E-state index contributed by atoms with van der Waals surface area (Å²) in [5, 5.41) is 16.6. The van der Waals surface area contributed by atoms with Crippen molar-refractivity contribution in [1.29, 1.82) is 5.41 Å². The molecular weight excluding hydrogens is 308 g/mol. The summed E-state index contributed by atoms with van der Waals surface area (Å²) in [6.45, 7) is -0.0464. The highest BCUT2D eigenvalue weighted by Gasteiger charge is 2.08. The molecule has 0 heterocycles. The van der Waals surface area contributed by atoms with Gasteiger partial charge in [0.25, 0.3) is 0 Å². The SMILES string of the molecule is N=C(N)c1ccc(Br)cc1Oc1cccc(CO)c1. The maximum absolute atomic E-state index is 9.10. The minimum absolute atomic E-state index is 0.0464. The summed E-state index contributed by atoms with van der Waals surface area (Å²) in [7, 11) is 0. The van der Waals surface area contributed by atoms with Gasteiger partial charge in [0.2, 0.25) is 0 Å². The average molecular weight is 321 g/mol. The third-order valence-electron chi connectivity index (χ3n) is 2.54. The zero-order valence-electron chi connectivity index (χ0n) is 10.1. The van der Waals surface area contributed by atoms with Crippen LogP contribution in [0.4, 0.5) is 0 Å². The van der Waals surface area contributed by atoms with E-state index in [1.54, 1.807) is 42.5 Å². The quantitative estimate of drug-likeness (QED) is 0.598. The molecule has 0 amide bonds. The predicted molar refractivity (Wildman–Crippen MR) is 77.6 cm³/mol. The molecule has 4 nitrogen and oxygen atoms in total. The summed E-state index contributed by atoms with van der Waals surface area (Å²) in [4.78, 5) is 0. The van der Waals surface area contributed by atoms with Crippen LogP contribution in [0.25, 0.3) is 0 Å². The van der Waals surface area contributed by atoms with Crippen molar-refractivity contribution in [1.82, 2.24) is 0 Å². The van der Waals surface area contributed by atoms with Crippen LogP contribution in [0, 0.1) is 5.41 Å². The van der Waals surface area contributed by atoms with Gasteiger partial charge in [0.15, 0.2) is 0 Å². The first-order valence-electron chi connectivity index (χ1n) is 5.62. The Morgan fingerprint density at radius 2 is 2.05 bits per heavy atom. The molecule has 0 saturated carbocycles. The van der Waals surface area contributed by atoms with E-state index in [1.807, 2.05) is 0 Å². The number of hydrogen-bond acceptors (Lipinski definition) is 3. The van der Waals surface area contributed by atoms with Gasteiger partial charge in [0.05, 0.1) is 12.2 Å². The predicted octanol–water partition coefficient (Wildman–Crippen LogP) is 3.02. The Kier molecular flexibility index (Phi) is 4.19. The minimum Gasteiger partial charge on any atom is -0.457 e. The monoisotopic (exact) mass is 320 g/mol. The normalized spacial score (nSPS) is 10.2. The molecule has 0 aliphatic heterocycles. The molecule has 0 aliphatic rings. The van der Waals surface area contributed by atoms with E-state index in [0.29, 0.717) is 17.1 Å². The lowest BCUT2D eigenvalue weighted by molar-refractivity contribution is 0.281. The van der Waals surface area contributed by atoms with Gasteiger partial charge >= 0.3 is 0 Å². The molecular formula is C14H13BrN2O2. The van der Waals surface area contributed by atoms with Crippen LogP contribution < -0.4 is 10.5 Å². The van der Waals surface area contributed by atoms with E-state index in [9.17, 15) is 0 Å². The summed E-state index contributed by atoms with van der Waals surface area (Å²) < 4.78 is 6.57. The van der Waals surface area contributed by atoms with Crippen LogP contribution in [0.3, 0.4) is 0 Å². The molecule has 0 aliphatic carbocycles. The second kappa shape index (κ2) is 5.86. The Balaban J connectivity index is 2.36. The number of aliphatic hydroxyl groups is 1. The van der Waals surface area contributed by atoms with Crippen LogP contribution in [0.2, 0.25) is 0 Å². The largest absolute Gasteiger partial charge is 0.457 e. The second-order valence-electron chi connectivity index (χ2n) is 3.96. The number of amidine groups is 1. The summed E-state index contributed by atoms with van der Waals surface area (Å²) >= 11 is 3.36. The number of halogens is 1. The highest BCUT2D eigenvalue weighted by Crippen LogP contribution is 2.28. The van der Waals surface area contributed by atoms with Gasteiger partial charge in [-0.2, -0.15) is 0 Å². The lowest BCUT2D eigenvalue weighted by atomic mass is 10.2. The molecule has 19 heavy (non-hydrogen) atoms. The summed E-state index contributed by atoms with van der Waals surface area (Å²) in [6.07, 6.45) is 0. The summed E-state index contributed by atoms with van der Waals surface area (Å²) in [5.41, 5.74) is 6.81. The third-order valence-corrected chi connectivity index (χ3v) is 3.04. The fourth-order valence-corrected chi connectivity index (χ4v) is 1.98. The van der Waals surface area contributed by atoms with Gasteiger partial charge in [0.1, 0.15) is 17.3 Å². The van der Waals surface area contributed by atoms with Crippen LogP contribution in [0.5, 0.6) is 11.5 Å². The van der Waals surface area contributed by atoms with E-state index in [-0.39, 0.29) is 12.4 Å². The Labute approximate surface area is 119 Å². The molecule has 2 rings (SSSR count). The van der Waals surface area contributed by atoms with Crippen molar-refractivity contribution in [3.8, 4) is 11.5 Å². The molecule has 0 spiro atoms. The van der Waals surface area contributed by atoms with Crippen LogP contribution >= 0.6 is 15.9 Å². The van der Waals surface area contributed by atoms with E-state index in [0.717, 1.165) is 10.0 Å². The Morgan fingerprint density at radius 1 is 1.26 bits per heavy atom. The van der Waals surface area contributed by atoms with E-state index >= 15 is 0 Å². The molecule has 4 N–H and O–H groups in total. The van der Waals surface area contributed by atoms with Gasteiger partial charge in [-0.05, 0) is 35.9 Å². The first-order valence-corrected chi connectivity index (χ1v) is 6.41. The van der Waals surface area contributed by atoms with Gasteiger partial charge < -0.3 is 15.6 Å². The number of ether oxygens (including phenoxy) is 1. The molecule has 0 unspecified atom stereocenters. The van der Waals surface area contributed by atoms with Gasteiger partial charge in [-0.1, -0.05) is 28.1 Å². The minimum atomic E-state index is -0.0548. The molecule has 0 bridgehead atoms. The summed E-state index contributed by atoms with van der Waals surface area (Å²) in [5.74, 6) is 1.03. The maximum atomic E-state index is 9.10. The van der Waals surface area contributed by atoms with Gasteiger partial charge in [0, 0.05) is 4.47 Å². The van der Waals surface area contributed by atoms with E-state index in [4.69, 9.17) is 21.0 Å². The van der Waals surface area contributed by atoms with Crippen molar-refractivity contribution in [2.45, 2.75) is 6.61 Å². The fraction of sp³-hybridized carbons (Fsp3) is 0.0714. The highest BCUT2D eigenvalue weighted by molar-refractivity contribution is 9.10. The molecule has 0 fully saturated rings. The summed E-state index contributed by atoms with van der Waals surface area (Å²) in [6, 6.07) is 12.4. The molecule has 0 aromatic heterocycles. The zero-order valence-corrected chi connectivity index (χ0v) is 11.6. The van der Waals surface area contributed by atoms with Crippen LogP contribution in [0.15, 0.2) is 46.9 Å². The number of aliphatic hydroxyl groups excluding tert-OH is 1. The van der Waals surface area contributed by atoms with E-state index in [1.165, 1.54) is 0 Å². The molecule has 0 radical (unpaired) electrons. The first-order chi connectivity index (χ1) is 9.10. The lowest BCUT2D eigenvalue weighted by Gasteiger charge is -2.11. The zero-order chi connectivity index (χ0) is 13.8. The molecule has 98 valence electrons. The van der Waals surface area contributed by atoms with Crippen molar-refractivity contribution in [3.63, 3.8) is 0 Å². The third kappa shape index (κ3) is 3.33. The average Bonchev–Trinajstić information content (AvgIpc) is 2.38. The Hall–Kier alpha value is -1.85. The van der Waals surface area contributed by atoms with Crippen LogP contribution in [-0.4, -0.2) is 10.9 Å². The standard InChI is InChI=1S/C14H13BrN2O2/c15-10-4-5-12(14(16)17)13(7-10)19-11-3-1-2-9(6-11)8-18/h1-7,18H,8H2,(H3,16,17). The van der Waals surface area contributed by atoms with Crippen molar-refractivity contribution >= 4 is 21.8 Å². The second-order valence-corrected chi connectivity index (χ2v) is 4.88. The number of rotatable bonds is 4. The number of hydrogen-bond donors (Lipinski definition) is 3.